The average molecular weight is 235 g/mol. The smallest absolute Gasteiger partial charge is 0.338 e. The van der Waals surface area contributed by atoms with E-state index >= 15 is 0 Å². The van der Waals surface area contributed by atoms with Gasteiger partial charge in [0.2, 0.25) is 0 Å². The summed E-state index contributed by atoms with van der Waals surface area (Å²) in [6.07, 6.45) is 1.37. The third kappa shape index (κ3) is 3.05. The van der Waals surface area contributed by atoms with Crippen molar-refractivity contribution >= 4 is 5.97 Å². The van der Waals surface area contributed by atoms with Crippen LogP contribution in [0.25, 0.3) is 0 Å². The number of ether oxygens (including phenoxy) is 2. The number of carbonyl (C=O) groups excluding carboxylic acids is 1. The predicted octanol–water partition coefficient (Wildman–Crippen LogP) is 1.13. The second kappa shape index (κ2) is 5.80. The minimum Gasteiger partial charge on any atom is -0.456 e. The summed E-state index contributed by atoms with van der Waals surface area (Å²) < 4.78 is 10.6. The van der Waals surface area contributed by atoms with Gasteiger partial charge in [0, 0.05) is 6.42 Å². The van der Waals surface area contributed by atoms with Gasteiger partial charge in [0.05, 0.1) is 18.8 Å². The second-order valence-corrected chi connectivity index (χ2v) is 4.09. The Morgan fingerprint density at radius 1 is 1.47 bits per heavy atom. The summed E-state index contributed by atoms with van der Waals surface area (Å²) in [5.41, 5.74) is 7.08. The maximum atomic E-state index is 12.0. The normalized spacial score (nSPS) is 19.2. The number of esters is 1. The summed E-state index contributed by atoms with van der Waals surface area (Å²) in [5, 5.41) is 0. The van der Waals surface area contributed by atoms with Crippen LogP contribution in [0.5, 0.6) is 0 Å². The van der Waals surface area contributed by atoms with Crippen LogP contribution < -0.4 is 5.73 Å². The van der Waals surface area contributed by atoms with Crippen LogP contribution in [0.1, 0.15) is 22.3 Å². The largest absolute Gasteiger partial charge is 0.456 e. The van der Waals surface area contributed by atoms with Crippen molar-refractivity contribution in [1.82, 2.24) is 0 Å². The van der Waals surface area contributed by atoms with Crippen molar-refractivity contribution < 1.29 is 14.3 Å². The van der Waals surface area contributed by atoms with Crippen molar-refractivity contribution in [3.8, 4) is 0 Å². The maximum Gasteiger partial charge on any atom is 0.338 e. The fourth-order valence-corrected chi connectivity index (χ4v) is 1.91. The lowest BCUT2D eigenvalue weighted by molar-refractivity contribution is 0.0269. The number of hydrogen-bond donors (Lipinski definition) is 1. The van der Waals surface area contributed by atoms with Gasteiger partial charge in [-0.2, -0.15) is 0 Å². The Hall–Kier alpha value is -1.39. The Kier molecular flexibility index (Phi) is 4.12. The van der Waals surface area contributed by atoms with E-state index in [1.165, 1.54) is 0 Å². The van der Waals surface area contributed by atoms with Crippen LogP contribution in [-0.2, 0) is 15.9 Å². The van der Waals surface area contributed by atoms with E-state index < -0.39 is 0 Å². The molecular formula is C13H17NO3. The molecule has 2 N–H and O–H groups in total. The SMILES string of the molecule is NCCc1ccccc1C(=O)OC1CCOC1. The quantitative estimate of drug-likeness (QED) is 0.795. The molecule has 4 heteroatoms. The molecule has 0 radical (unpaired) electrons. The first-order valence-electron chi connectivity index (χ1n) is 5.88. The van der Waals surface area contributed by atoms with Crippen LogP contribution in [0.3, 0.4) is 0 Å². The topological polar surface area (TPSA) is 61.6 Å². The Bertz CT molecular complexity index is 386. The minimum absolute atomic E-state index is 0.103. The summed E-state index contributed by atoms with van der Waals surface area (Å²) in [7, 11) is 0. The average Bonchev–Trinajstić information content (AvgIpc) is 2.83. The first-order chi connectivity index (χ1) is 8.31. The standard InChI is InChI=1S/C13H17NO3/c14-7-5-10-3-1-2-4-12(10)13(15)17-11-6-8-16-9-11/h1-4,11H,5-9,14H2. The Morgan fingerprint density at radius 2 is 2.29 bits per heavy atom. The van der Waals surface area contributed by atoms with Gasteiger partial charge >= 0.3 is 5.97 Å². The molecule has 1 aromatic rings. The zero-order valence-corrected chi connectivity index (χ0v) is 9.72. The fourth-order valence-electron chi connectivity index (χ4n) is 1.91. The molecular weight excluding hydrogens is 218 g/mol. The number of hydrogen-bond acceptors (Lipinski definition) is 4. The second-order valence-electron chi connectivity index (χ2n) is 4.09. The maximum absolute atomic E-state index is 12.0. The van der Waals surface area contributed by atoms with Crippen LogP contribution in [0.2, 0.25) is 0 Å². The Morgan fingerprint density at radius 3 is 3.00 bits per heavy atom. The van der Waals surface area contributed by atoms with Crippen molar-refractivity contribution in [2.24, 2.45) is 5.73 Å². The molecule has 17 heavy (non-hydrogen) atoms. The molecule has 1 heterocycles. The summed E-state index contributed by atoms with van der Waals surface area (Å²) in [6, 6.07) is 7.43. The molecule has 1 aliphatic rings. The van der Waals surface area contributed by atoms with Gasteiger partial charge in [-0.05, 0) is 24.6 Å². The summed E-state index contributed by atoms with van der Waals surface area (Å²) in [4.78, 5) is 12.0. The van der Waals surface area contributed by atoms with E-state index in [0.717, 1.165) is 12.0 Å². The van der Waals surface area contributed by atoms with Crippen molar-refractivity contribution in [3.63, 3.8) is 0 Å². The molecule has 0 aliphatic carbocycles. The molecule has 0 spiro atoms. The van der Waals surface area contributed by atoms with Crippen molar-refractivity contribution in [2.75, 3.05) is 19.8 Å². The van der Waals surface area contributed by atoms with Crippen molar-refractivity contribution in [1.29, 1.82) is 0 Å². The fraction of sp³-hybridized carbons (Fsp3) is 0.462. The Labute approximate surface area is 101 Å². The Balaban J connectivity index is 2.06. The highest BCUT2D eigenvalue weighted by Gasteiger charge is 2.21. The molecule has 92 valence electrons. The minimum atomic E-state index is -0.274. The van der Waals surface area contributed by atoms with Crippen LogP contribution in [0, 0.1) is 0 Å². The van der Waals surface area contributed by atoms with Crippen LogP contribution in [0.4, 0.5) is 0 Å². The van der Waals surface area contributed by atoms with Crippen molar-refractivity contribution in [3.05, 3.63) is 35.4 Å². The first kappa shape index (κ1) is 12.1. The van der Waals surface area contributed by atoms with E-state index in [0.29, 0.717) is 31.7 Å². The highest BCUT2D eigenvalue weighted by atomic mass is 16.6. The summed E-state index contributed by atoms with van der Waals surface area (Å²) >= 11 is 0. The van der Waals surface area contributed by atoms with Gasteiger partial charge in [-0.25, -0.2) is 4.79 Å². The zero-order valence-electron chi connectivity index (χ0n) is 9.72. The first-order valence-corrected chi connectivity index (χ1v) is 5.88. The van der Waals surface area contributed by atoms with Gasteiger partial charge in [-0.15, -0.1) is 0 Å². The van der Waals surface area contributed by atoms with Gasteiger partial charge < -0.3 is 15.2 Å². The van der Waals surface area contributed by atoms with E-state index in [1.54, 1.807) is 6.07 Å². The molecule has 4 nitrogen and oxygen atoms in total. The lowest BCUT2D eigenvalue weighted by atomic mass is 10.0. The predicted molar refractivity (Wildman–Crippen MR) is 63.8 cm³/mol. The molecule has 2 rings (SSSR count). The number of rotatable bonds is 4. The molecule has 1 aromatic carbocycles. The lowest BCUT2D eigenvalue weighted by Gasteiger charge is -2.12. The molecule has 0 saturated carbocycles. The molecule has 0 bridgehead atoms. The lowest BCUT2D eigenvalue weighted by Crippen LogP contribution is -2.19. The molecule has 1 saturated heterocycles. The van der Waals surface area contributed by atoms with E-state index in [9.17, 15) is 4.79 Å². The van der Waals surface area contributed by atoms with Gasteiger partial charge in [0.15, 0.2) is 0 Å². The van der Waals surface area contributed by atoms with Crippen molar-refractivity contribution in [2.45, 2.75) is 18.9 Å². The van der Waals surface area contributed by atoms with Gasteiger partial charge in [0.25, 0.3) is 0 Å². The van der Waals surface area contributed by atoms with E-state index in [1.807, 2.05) is 18.2 Å². The monoisotopic (exact) mass is 235 g/mol. The molecule has 1 fully saturated rings. The van der Waals surface area contributed by atoms with Crippen LogP contribution in [0.15, 0.2) is 24.3 Å². The highest BCUT2D eigenvalue weighted by Crippen LogP contribution is 2.15. The molecule has 0 amide bonds. The molecule has 1 atom stereocenters. The van der Waals surface area contributed by atoms with Gasteiger partial charge in [-0.3, -0.25) is 0 Å². The molecule has 1 unspecified atom stereocenters. The number of benzene rings is 1. The third-order valence-electron chi connectivity index (χ3n) is 2.81. The van der Waals surface area contributed by atoms with Gasteiger partial charge in [0.1, 0.15) is 6.10 Å². The molecule has 1 aliphatic heterocycles. The summed E-state index contributed by atoms with van der Waals surface area (Å²) in [5.74, 6) is -0.274. The van der Waals surface area contributed by atoms with Crippen LogP contribution >= 0.6 is 0 Å². The van der Waals surface area contributed by atoms with Crippen LogP contribution in [-0.4, -0.2) is 31.8 Å². The van der Waals surface area contributed by atoms with Gasteiger partial charge in [-0.1, -0.05) is 18.2 Å². The van der Waals surface area contributed by atoms with E-state index in [2.05, 4.69) is 0 Å². The number of carbonyl (C=O) groups is 1. The zero-order chi connectivity index (χ0) is 12.1. The highest BCUT2D eigenvalue weighted by molar-refractivity contribution is 5.91. The number of nitrogens with two attached hydrogens (primary N) is 1. The van der Waals surface area contributed by atoms with E-state index in [4.69, 9.17) is 15.2 Å². The summed E-state index contributed by atoms with van der Waals surface area (Å²) in [6.45, 7) is 1.70. The third-order valence-corrected chi connectivity index (χ3v) is 2.81. The van der Waals surface area contributed by atoms with E-state index in [-0.39, 0.29) is 12.1 Å². The molecule has 0 aromatic heterocycles.